The fourth-order valence-electron chi connectivity index (χ4n) is 2.61. The van der Waals surface area contributed by atoms with Gasteiger partial charge in [-0.15, -0.1) is 0 Å². The van der Waals surface area contributed by atoms with Gasteiger partial charge in [0.05, 0.1) is 13.2 Å². The van der Waals surface area contributed by atoms with Gasteiger partial charge in [-0.2, -0.15) is 13.2 Å². The van der Waals surface area contributed by atoms with Gasteiger partial charge in [-0.3, -0.25) is 4.79 Å². The number of nitrogens with two attached hydrogens (primary N) is 1. The Morgan fingerprint density at radius 2 is 1.87 bits per heavy atom. The van der Waals surface area contributed by atoms with E-state index in [0.717, 1.165) is 5.56 Å². The first kappa shape index (κ1) is 25.9. The van der Waals surface area contributed by atoms with Gasteiger partial charge in [0, 0.05) is 18.1 Å². The topological polar surface area (TPSA) is 108 Å². The van der Waals surface area contributed by atoms with Crippen LogP contribution in [0.5, 0.6) is 0 Å². The van der Waals surface area contributed by atoms with E-state index in [1.54, 1.807) is 7.11 Å². The Hall–Kier alpha value is -2.14. The molecule has 1 saturated heterocycles. The van der Waals surface area contributed by atoms with Crippen LogP contribution < -0.4 is 5.73 Å². The number of hydrogen-bond acceptors (Lipinski definition) is 6. The van der Waals surface area contributed by atoms with Gasteiger partial charge in [-0.25, -0.2) is 4.79 Å². The first-order valence-corrected chi connectivity index (χ1v) is 9.15. The number of alkyl halides is 3. The van der Waals surface area contributed by atoms with Crippen molar-refractivity contribution in [2.45, 2.75) is 31.4 Å². The largest absolute Gasteiger partial charge is 0.490 e. The van der Waals surface area contributed by atoms with Crippen molar-refractivity contribution in [2.24, 2.45) is 11.7 Å². The summed E-state index contributed by atoms with van der Waals surface area (Å²) in [7, 11) is 1.61. The number of carboxylic acid groups (broad SMARTS) is 1. The van der Waals surface area contributed by atoms with Crippen molar-refractivity contribution in [1.82, 2.24) is 0 Å². The number of carbonyl (C=O) groups is 2. The molecule has 0 amide bonds. The van der Waals surface area contributed by atoms with Crippen molar-refractivity contribution in [2.75, 3.05) is 20.3 Å². The van der Waals surface area contributed by atoms with Crippen LogP contribution in [0, 0.1) is 5.92 Å². The molecule has 1 aromatic carbocycles. The quantitative estimate of drug-likeness (QED) is 0.660. The van der Waals surface area contributed by atoms with Crippen molar-refractivity contribution < 1.29 is 42.1 Å². The van der Waals surface area contributed by atoms with E-state index in [1.807, 2.05) is 43.3 Å². The van der Waals surface area contributed by atoms with Crippen LogP contribution >= 0.6 is 11.6 Å². The van der Waals surface area contributed by atoms with Crippen LogP contribution in [0.3, 0.4) is 0 Å². The van der Waals surface area contributed by atoms with E-state index in [4.69, 9.17) is 41.4 Å². The maximum Gasteiger partial charge on any atom is 0.490 e. The Kier molecular flexibility index (Phi) is 10.3. The molecule has 1 aliphatic heterocycles. The van der Waals surface area contributed by atoms with Crippen LogP contribution in [0.2, 0.25) is 5.02 Å². The molecule has 0 aliphatic carbocycles. The number of aliphatic carboxylic acids is 1. The fourth-order valence-corrected chi connectivity index (χ4v) is 2.73. The molecule has 11 heteroatoms. The molecule has 3 N–H and O–H groups in total. The summed E-state index contributed by atoms with van der Waals surface area (Å²) in [6.45, 7) is 2.36. The van der Waals surface area contributed by atoms with Crippen molar-refractivity contribution in [1.29, 1.82) is 0 Å². The second-order valence-corrected chi connectivity index (χ2v) is 6.78. The summed E-state index contributed by atoms with van der Waals surface area (Å²) in [6.07, 6.45) is -2.45. The zero-order valence-electron chi connectivity index (χ0n) is 16.3. The van der Waals surface area contributed by atoms with E-state index >= 15 is 0 Å². The number of rotatable bonds is 5. The Balaban J connectivity index is 0.000000553. The van der Waals surface area contributed by atoms with Gasteiger partial charge in [-0.1, -0.05) is 42.8 Å². The zero-order valence-corrected chi connectivity index (χ0v) is 17.0. The third-order valence-electron chi connectivity index (χ3n) is 4.06. The summed E-state index contributed by atoms with van der Waals surface area (Å²) >= 11 is 5.88. The maximum absolute atomic E-state index is 11.6. The lowest BCUT2D eigenvalue weighted by Gasteiger charge is -2.39. The Morgan fingerprint density at radius 3 is 2.33 bits per heavy atom. The van der Waals surface area contributed by atoms with Gasteiger partial charge in [0.25, 0.3) is 0 Å². The molecule has 0 saturated carbocycles. The molecular formula is C19H23ClF3NO6. The van der Waals surface area contributed by atoms with Crippen LogP contribution in [0.25, 0.3) is 6.08 Å². The van der Waals surface area contributed by atoms with E-state index < -0.39 is 24.2 Å². The number of carboxylic acids is 1. The van der Waals surface area contributed by atoms with Gasteiger partial charge in [0.1, 0.15) is 12.2 Å². The minimum atomic E-state index is -5.08. The van der Waals surface area contributed by atoms with E-state index in [0.29, 0.717) is 11.6 Å². The van der Waals surface area contributed by atoms with E-state index in [1.165, 1.54) is 0 Å². The van der Waals surface area contributed by atoms with Crippen LogP contribution in [0.15, 0.2) is 30.3 Å². The Labute approximate surface area is 176 Å². The standard InChI is InChI=1S/C17H22ClNO4.C2HF3O2/c1-11-10-22-14(8-5-12-3-6-13(18)7-4-12)17(16(11)21-2)23-15(20)9-19;3-2(4,5)1(6)7/h3-8,11,14,16-17H,9-10,19H2,1-2H3;(H,6,7)/b8-5+;/t11-,14-,16-,17-;/m0./s1. The third-order valence-corrected chi connectivity index (χ3v) is 4.31. The van der Waals surface area contributed by atoms with Gasteiger partial charge >= 0.3 is 18.1 Å². The second-order valence-electron chi connectivity index (χ2n) is 6.35. The van der Waals surface area contributed by atoms with E-state index in [9.17, 15) is 18.0 Å². The summed E-state index contributed by atoms with van der Waals surface area (Å²) in [4.78, 5) is 20.5. The lowest BCUT2D eigenvalue weighted by molar-refractivity contribution is -0.192. The average molecular weight is 454 g/mol. The van der Waals surface area contributed by atoms with Gasteiger partial charge in [0.2, 0.25) is 0 Å². The number of hydrogen-bond donors (Lipinski definition) is 2. The highest BCUT2D eigenvalue weighted by molar-refractivity contribution is 6.30. The monoisotopic (exact) mass is 453 g/mol. The highest BCUT2D eigenvalue weighted by Crippen LogP contribution is 2.26. The van der Waals surface area contributed by atoms with E-state index in [-0.39, 0.29) is 24.7 Å². The zero-order chi connectivity index (χ0) is 22.9. The van der Waals surface area contributed by atoms with Crippen LogP contribution in [0.4, 0.5) is 13.2 Å². The molecule has 0 radical (unpaired) electrons. The fraction of sp³-hybridized carbons (Fsp3) is 0.474. The smallest absolute Gasteiger partial charge is 0.475 e. The van der Waals surface area contributed by atoms with Gasteiger partial charge < -0.3 is 25.1 Å². The molecule has 1 aliphatic rings. The third kappa shape index (κ3) is 8.31. The number of esters is 1. The molecule has 1 aromatic rings. The number of methoxy groups -OCH3 is 1. The minimum Gasteiger partial charge on any atom is -0.475 e. The number of carbonyl (C=O) groups excluding carboxylic acids is 1. The molecule has 0 spiro atoms. The molecule has 168 valence electrons. The molecule has 1 heterocycles. The molecule has 2 rings (SSSR count). The summed E-state index contributed by atoms with van der Waals surface area (Å²) in [5, 5.41) is 7.80. The van der Waals surface area contributed by atoms with Crippen molar-refractivity contribution >= 4 is 29.6 Å². The summed E-state index contributed by atoms with van der Waals surface area (Å²) < 4.78 is 48.5. The number of halogens is 4. The molecule has 4 atom stereocenters. The summed E-state index contributed by atoms with van der Waals surface area (Å²) in [5.74, 6) is -3.11. The van der Waals surface area contributed by atoms with Gasteiger partial charge in [0.15, 0.2) is 6.10 Å². The highest BCUT2D eigenvalue weighted by Gasteiger charge is 2.40. The number of benzene rings is 1. The van der Waals surface area contributed by atoms with Crippen molar-refractivity contribution in [3.05, 3.63) is 40.9 Å². The summed E-state index contributed by atoms with van der Waals surface area (Å²) in [5.41, 5.74) is 6.33. The average Bonchev–Trinajstić information content (AvgIpc) is 2.68. The predicted octanol–water partition coefficient (Wildman–Crippen LogP) is 2.91. The molecule has 30 heavy (non-hydrogen) atoms. The van der Waals surface area contributed by atoms with Crippen LogP contribution in [0.1, 0.15) is 12.5 Å². The Morgan fingerprint density at radius 1 is 1.30 bits per heavy atom. The molecular weight excluding hydrogens is 431 g/mol. The van der Waals surface area contributed by atoms with Crippen LogP contribution in [-0.2, 0) is 23.8 Å². The minimum absolute atomic E-state index is 0.121. The predicted molar refractivity (Wildman–Crippen MR) is 103 cm³/mol. The van der Waals surface area contributed by atoms with Crippen molar-refractivity contribution in [3.63, 3.8) is 0 Å². The van der Waals surface area contributed by atoms with E-state index in [2.05, 4.69) is 0 Å². The van der Waals surface area contributed by atoms with Crippen LogP contribution in [-0.4, -0.2) is 61.8 Å². The molecule has 0 aromatic heterocycles. The second kappa shape index (κ2) is 11.9. The van der Waals surface area contributed by atoms with Crippen molar-refractivity contribution in [3.8, 4) is 0 Å². The lowest BCUT2D eigenvalue weighted by atomic mass is 9.93. The first-order valence-electron chi connectivity index (χ1n) is 8.77. The maximum atomic E-state index is 11.6. The molecule has 0 unspecified atom stereocenters. The summed E-state index contributed by atoms with van der Waals surface area (Å²) in [6, 6.07) is 7.43. The normalized spacial score (nSPS) is 24.1. The SMILES string of the molecule is CO[C@@H]1[C@@H](OC(=O)CN)[C@H](/C=C/c2ccc(Cl)cc2)OC[C@@H]1C.O=C(O)C(F)(F)F. The molecule has 7 nitrogen and oxygen atoms in total. The molecule has 0 bridgehead atoms. The Bertz CT molecular complexity index is 726. The lowest BCUT2D eigenvalue weighted by Crippen LogP contribution is -2.52. The highest BCUT2D eigenvalue weighted by atomic mass is 35.5. The van der Waals surface area contributed by atoms with Gasteiger partial charge in [-0.05, 0) is 17.7 Å². The molecule has 1 fully saturated rings. The first-order chi connectivity index (χ1) is 14.0. The number of ether oxygens (including phenoxy) is 3.